The van der Waals surface area contributed by atoms with Crippen LogP contribution in [-0.2, 0) is 0 Å². The van der Waals surface area contributed by atoms with Crippen molar-refractivity contribution < 1.29 is 4.42 Å². The van der Waals surface area contributed by atoms with Crippen molar-refractivity contribution in [3.8, 4) is 0 Å². The van der Waals surface area contributed by atoms with Crippen molar-refractivity contribution in [1.82, 2.24) is 5.32 Å². The van der Waals surface area contributed by atoms with Gasteiger partial charge in [0.05, 0.1) is 12.3 Å². The number of rotatable bonds is 9. The number of unbranched alkanes of at least 4 members (excludes halogenated alkanes) is 3. The molecule has 17 heavy (non-hydrogen) atoms. The van der Waals surface area contributed by atoms with Crippen LogP contribution in [0.4, 0.5) is 0 Å². The van der Waals surface area contributed by atoms with Crippen LogP contribution in [0.3, 0.4) is 0 Å². The van der Waals surface area contributed by atoms with E-state index in [2.05, 4.69) is 26.1 Å². The highest BCUT2D eigenvalue weighted by molar-refractivity contribution is 5.02. The lowest BCUT2D eigenvalue weighted by atomic mass is 10.0. The fraction of sp³-hybridized carbons (Fsp3) is 0.733. The molecule has 98 valence electrons. The highest BCUT2D eigenvalue weighted by Crippen LogP contribution is 2.13. The van der Waals surface area contributed by atoms with Gasteiger partial charge in [-0.15, -0.1) is 0 Å². The second kappa shape index (κ2) is 8.35. The summed E-state index contributed by atoms with van der Waals surface area (Å²) in [6.07, 6.45) is 8.46. The molecule has 1 atom stereocenters. The smallest absolute Gasteiger partial charge is 0.120 e. The number of furan rings is 1. The molecule has 1 heterocycles. The molecule has 0 bridgehead atoms. The first kappa shape index (κ1) is 14.3. The van der Waals surface area contributed by atoms with Crippen molar-refractivity contribution in [2.45, 2.75) is 58.9 Å². The van der Waals surface area contributed by atoms with Gasteiger partial charge < -0.3 is 9.73 Å². The van der Waals surface area contributed by atoms with Crippen LogP contribution in [0.2, 0.25) is 0 Å². The first-order valence-corrected chi connectivity index (χ1v) is 6.97. The summed E-state index contributed by atoms with van der Waals surface area (Å²) >= 11 is 0. The fourth-order valence-corrected chi connectivity index (χ4v) is 1.99. The SMILES string of the molecule is CC(C)CCCCCCNC(C)c1ccco1. The van der Waals surface area contributed by atoms with E-state index in [1.165, 1.54) is 32.1 Å². The predicted octanol–water partition coefficient (Wildman–Crippen LogP) is 4.54. The first-order chi connectivity index (χ1) is 8.20. The van der Waals surface area contributed by atoms with Crippen molar-refractivity contribution in [3.05, 3.63) is 24.2 Å². The minimum atomic E-state index is 0.334. The van der Waals surface area contributed by atoms with E-state index >= 15 is 0 Å². The van der Waals surface area contributed by atoms with Crippen LogP contribution in [0.1, 0.15) is 64.7 Å². The summed E-state index contributed by atoms with van der Waals surface area (Å²) in [4.78, 5) is 0. The zero-order valence-corrected chi connectivity index (χ0v) is 11.5. The average Bonchev–Trinajstić information content (AvgIpc) is 2.80. The molecule has 0 fully saturated rings. The first-order valence-electron chi connectivity index (χ1n) is 6.97. The van der Waals surface area contributed by atoms with Crippen LogP contribution in [0, 0.1) is 5.92 Å². The summed E-state index contributed by atoms with van der Waals surface area (Å²) in [5.41, 5.74) is 0. The second-order valence-electron chi connectivity index (χ2n) is 5.29. The van der Waals surface area contributed by atoms with Crippen molar-refractivity contribution >= 4 is 0 Å². The van der Waals surface area contributed by atoms with Crippen LogP contribution < -0.4 is 5.32 Å². The maximum Gasteiger partial charge on any atom is 0.120 e. The van der Waals surface area contributed by atoms with E-state index in [1.54, 1.807) is 6.26 Å². The lowest BCUT2D eigenvalue weighted by Crippen LogP contribution is -2.19. The van der Waals surface area contributed by atoms with E-state index in [-0.39, 0.29) is 0 Å². The van der Waals surface area contributed by atoms with Crippen LogP contribution in [0.15, 0.2) is 22.8 Å². The van der Waals surface area contributed by atoms with E-state index in [4.69, 9.17) is 4.42 Å². The molecule has 0 aromatic carbocycles. The minimum Gasteiger partial charge on any atom is -0.468 e. The highest BCUT2D eigenvalue weighted by Gasteiger charge is 2.05. The molecule has 1 unspecified atom stereocenters. The summed E-state index contributed by atoms with van der Waals surface area (Å²) in [5, 5.41) is 3.49. The normalized spacial score (nSPS) is 13.2. The van der Waals surface area contributed by atoms with E-state index in [0.29, 0.717) is 6.04 Å². The molecule has 0 spiro atoms. The molecule has 1 N–H and O–H groups in total. The Bertz CT molecular complexity index is 266. The highest BCUT2D eigenvalue weighted by atomic mass is 16.3. The van der Waals surface area contributed by atoms with E-state index < -0.39 is 0 Å². The van der Waals surface area contributed by atoms with Crippen molar-refractivity contribution in [2.24, 2.45) is 5.92 Å². The Morgan fingerprint density at radius 3 is 2.53 bits per heavy atom. The number of hydrogen-bond donors (Lipinski definition) is 1. The van der Waals surface area contributed by atoms with Crippen molar-refractivity contribution in [1.29, 1.82) is 0 Å². The van der Waals surface area contributed by atoms with Crippen molar-refractivity contribution in [3.63, 3.8) is 0 Å². The lowest BCUT2D eigenvalue weighted by Gasteiger charge is -2.11. The second-order valence-corrected chi connectivity index (χ2v) is 5.29. The monoisotopic (exact) mass is 237 g/mol. The summed E-state index contributed by atoms with van der Waals surface area (Å²) in [6.45, 7) is 7.83. The zero-order chi connectivity index (χ0) is 12.5. The third-order valence-corrected chi connectivity index (χ3v) is 3.13. The van der Waals surface area contributed by atoms with Gasteiger partial charge in [-0.25, -0.2) is 0 Å². The third-order valence-electron chi connectivity index (χ3n) is 3.13. The zero-order valence-electron chi connectivity index (χ0n) is 11.5. The topological polar surface area (TPSA) is 25.2 Å². The average molecular weight is 237 g/mol. The molecule has 2 nitrogen and oxygen atoms in total. The molecular formula is C15H27NO. The van der Waals surface area contributed by atoms with Gasteiger partial charge in [0.1, 0.15) is 5.76 Å². The van der Waals surface area contributed by atoms with Crippen LogP contribution in [-0.4, -0.2) is 6.54 Å². The van der Waals surface area contributed by atoms with E-state index in [9.17, 15) is 0 Å². The van der Waals surface area contributed by atoms with Gasteiger partial charge in [-0.1, -0.05) is 39.5 Å². The van der Waals surface area contributed by atoms with E-state index in [0.717, 1.165) is 18.2 Å². The summed E-state index contributed by atoms with van der Waals surface area (Å²) in [5.74, 6) is 1.89. The fourth-order valence-electron chi connectivity index (χ4n) is 1.99. The van der Waals surface area contributed by atoms with Gasteiger partial charge in [-0.05, 0) is 37.9 Å². The molecule has 1 rings (SSSR count). The van der Waals surface area contributed by atoms with Gasteiger partial charge in [0.25, 0.3) is 0 Å². The minimum absolute atomic E-state index is 0.334. The summed E-state index contributed by atoms with van der Waals surface area (Å²) < 4.78 is 5.35. The Morgan fingerprint density at radius 1 is 1.12 bits per heavy atom. The van der Waals surface area contributed by atoms with Gasteiger partial charge in [0.15, 0.2) is 0 Å². The van der Waals surface area contributed by atoms with Gasteiger partial charge >= 0.3 is 0 Å². The molecule has 0 aliphatic carbocycles. The van der Waals surface area contributed by atoms with E-state index in [1.807, 2.05) is 12.1 Å². The Labute approximate surface area is 106 Å². The molecule has 1 aromatic rings. The molecule has 0 aliphatic rings. The van der Waals surface area contributed by atoms with Gasteiger partial charge in [0, 0.05) is 0 Å². The Balaban J connectivity index is 1.94. The van der Waals surface area contributed by atoms with Gasteiger partial charge in [0.2, 0.25) is 0 Å². The van der Waals surface area contributed by atoms with Crippen LogP contribution >= 0.6 is 0 Å². The third kappa shape index (κ3) is 6.52. The number of nitrogens with one attached hydrogen (secondary N) is 1. The van der Waals surface area contributed by atoms with Gasteiger partial charge in [-0.2, -0.15) is 0 Å². The molecule has 2 heteroatoms. The van der Waals surface area contributed by atoms with Crippen LogP contribution in [0.25, 0.3) is 0 Å². The standard InChI is InChI=1S/C15H27NO/c1-13(2)9-6-4-5-7-11-16-14(3)15-10-8-12-17-15/h8,10,12-14,16H,4-7,9,11H2,1-3H3. The number of hydrogen-bond acceptors (Lipinski definition) is 2. The quantitative estimate of drug-likeness (QED) is 0.638. The molecule has 0 radical (unpaired) electrons. The molecule has 0 amide bonds. The molecule has 0 aliphatic heterocycles. The maximum atomic E-state index is 5.35. The van der Waals surface area contributed by atoms with Crippen LogP contribution in [0.5, 0.6) is 0 Å². The Kier molecular flexibility index (Phi) is 7.02. The molecule has 1 aromatic heterocycles. The predicted molar refractivity (Wildman–Crippen MR) is 73.0 cm³/mol. The largest absolute Gasteiger partial charge is 0.468 e. The van der Waals surface area contributed by atoms with Crippen molar-refractivity contribution in [2.75, 3.05) is 6.54 Å². The maximum absolute atomic E-state index is 5.35. The lowest BCUT2D eigenvalue weighted by molar-refractivity contribution is 0.424. The molecule has 0 saturated carbocycles. The summed E-state index contributed by atoms with van der Waals surface area (Å²) in [7, 11) is 0. The van der Waals surface area contributed by atoms with Gasteiger partial charge in [-0.3, -0.25) is 0 Å². The molecular weight excluding hydrogens is 210 g/mol. The molecule has 0 saturated heterocycles. The Morgan fingerprint density at radius 2 is 1.88 bits per heavy atom. The summed E-state index contributed by atoms with van der Waals surface area (Å²) in [6, 6.07) is 4.31. The Hall–Kier alpha value is -0.760.